The third-order valence-electron chi connectivity index (χ3n) is 4.08. The average Bonchev–Trinajstić information content (AvgIpc) is 2.42. The van der Waals surface area contributed by atoms with Crippen LogP contribution in [0, 0.1) is 0 Å². The molecule has 0 unspecified atom stereocenters. The van der Waals surface area contributed by atoms with E-state index in [1.807, 2.05) is 24.3 Å². The molecule has 0 saturated heterocycles. The fourth-order valence-corrected chi connectivity index (χ4v) is 2.36. The van der Waals surface area contributed by atoms with Gasteiger partial charge < -0.3 is 10.4 Å². The molecule has 0 atom stereocenters. The molecule has 1 rings (SSSR count). The highest BCUT2D eigenvalue weighted by atomic mass is 16.4. The largest absolute Gasteiger partial charge is 0.481 e. The Morgan fingerprint density at radius 3 is 1.95 bits per heavy atom. The van der Waals surface area contributed by atoms with Crippen molar-refractivity contribution in [3.63, 3.8) is 0 Å². The number of carboxylic acid groups (broad SMARTS) is 1. The lowest BCUT2D eigenvalue weighted by molar-refractivity contribution is -0.136. The van der Waals surface area contributed by atoms with Crippen molar-refractivity contribution >= 4 is 5.97 Å². The second kappa shape index (κ2) is 7.29. The molecule has 2 N–H and O–H groups in total. The van der Waals surface area contributed by atoms with Crippen molar-refractivity contribution in [3.8, 4) is 0 Å². The maximum atomic E-state index is 10.6. The predicted molar refractivity (Wildman–Crippen MR) is 78.2 cm³/mol. The van der Waals surface area contributed by atoms with Crippen molar-refractivity contribution in [2.45, 2.75) is 58.5 Å². The Kier molecular flexibility index (Phi) is 6.03. The van der Waals surface area contributed by atoms with Gasteiger partial charge in [-0.25, -0.2) is 0 Å². The van der Waals surface area contributed by atoms with E-state index in [9.17, 15) is 4.79 Å². The van der Waals surface area contributed by atoms with Gasteiger partial charge in [0.25, 0.3) is 0 Å². The van der Waals surface area contributed by atoms with Crippen LogP contribution in [-0.2, 0) is 17.8 Å². The first-order valence-corrected chi connectivity index (χ1v) is 7.10. The smallest absolute Gasteiger partial charge is 0.307 e. The summed E-state index contributed by atoms with van der Waals surface area (Å²) in [5.41, 5.74) is 2.28. The van der Waals surface area contributed by atoms with Gasteiger partial charge in [-0.1, -0.05) is 45.0 Å². The maximum absolute atomic E-state index is 10.6. The molecule has 0 aliphatic heterocycles. The van der Waals surface area contributed by atoms with Gasteiger partial charge in [-0.2, -0.15) is 0 Å². The summed E-state index contributed by atoms with van der Waals surface area (Å²) in [6.07, 6.45) is 3.46. The molecule has 1 aromatic rings. The highest BCUT2D eigenvalue weighted by molar-refractivity contribution is 5.70. The number of nitrogens with one attached hydrogen (secondary N) is 1. The lowest BCUT2D eigenvalue weighted by atomic mass is 9.89. The minimum Gasteiger partial charge on any atom is -0.481 e. The van der Waals surface area contributed by atoms with Crippen LogP contribution in [0.25, 0.3) is 0 Å². The van der Waals surface area contributed by atoms with Gasteiger partial charge in [-0.3, -0.25) is 4.79 Å². The van der Waals surface area contributed by atoms with Gasteiger partial charge in [-0.05, 0) is 30.4 Å². The summed E-state index contributed by atoms with van der Waals surface area (Å²) in [6.45, 7) is 7.49. The summed E-state index contributed by atoms with van der Waals surface area (Å²) < 4.78 is 0. The Hall–Kier alpha value is -1.35. The van der Waals surface area contributed by atoms with Gasteiger partial charge in [0.05, 0.1) is 6.42 Å². The van der Waals surface area contributed by atoms with Crippen LogP contribution in [0.5, 0.6) is 0 Å². The normalized spacial score (nSPS) is 11.5. The standard InChI is InChI=1S/C16H25NO2/c1-4-16(5-2,6-3)17-12-14-9-7-13(8-10-14)11-15(18)19/h7-10,17H,4-6,11-12H2,1-3H3,(H,18,19). The van der Waals surface area contributed by atoms with Gasteiger partial charge in [0, 0.05) is 12.1 Å². The molecule has 0 heterocycles. The molecule has 0 saturated carbocycles. The second-order valence-electron chi connectivity index (χ2n) is 5.08. The van der Waals surface area contributed by atoms with Crippen molar-refractivity contribution in [1.29, 1.82) is 0 Å². The molecule has 3 nitrogen and oxygen atoms in total. The van der Waals surface area contributed by atoms with Crippen molar-refractivity contribution in [2.24, 2.45) is 0 Å². The summed E-state index contributed by atoms with van der Waals surface area (Å²) in [7, 11) is 0. The number of hydrogen-bond donors (Lipinski definition) is 2. The zero-order valence-corrected chi connectivity index (χ0v) is 12.2. The fraction of sp³-hybridized carbons (Fsp3) is 0.562. The molecule has 0 amide bonds. The van der Waals surface area contributed by atoms with Gasteiger partial charge in [-0.15, -0.1) is 0 Å². The SMILES string of the molecule is CCC(CC)(CC)NCc1ccc(CC(=O)O)cc1. The lowest BCUT2D eigenvalue weighted by Crippen LogP contribution is -2.43. The van der Waals surface area contributed by atoms with E-state index in [0.29, 0.717) is 0 Å². The fourth-order valence-electron chi connectivity index (χ4n) is 2.36. The second-order valence-corrected chi connectivity index (χ2v) is 5.08. The van der Waals surface area contributed by atoms with Crippen LogP contribution < -0.4 is 5.32 Å². The Balaban J connectivity index is 2.60. The van der Waals surface area contributed by atoms with E-state index in [1.165, 1.54) is 5.56 Å². The van der Waals surface area contributed by atoms with Gasteiger partial charge >= 0.3 is 5.97 Å². The summed E-state index contributed by atoms with van der Waals surface area (Å²) >= 11 is 0. The molecule has 0 spiro atoms. The van der Waals surface area contributed by atoms with E-state index >= 15 is 0 Å². The first kappa shape index (κ1) is 15.7. The molecular weight excluding hydrogens is 238 g/mol. The Labute approximate surface area is 116 Å². The Morgan fingerprint density at radius 1 is 1.05 bits per heavy atom. The molecule has 106 valence electrons. The van der Waals surface area contributed by atoms with Gasteiger partial charge in [0.1, 0.15) is 0 Å². The summed E-state index contributed by atoms with van der Waals surface area (Å²) in [6, 6.07) is 7.82. The minimum absolute atomic E-state index is 0.0938. The molecule has 0 aliphatic carbocycles. The summed E-state index contributed by atoms with van der Waals surface area (Å²) in [5.74, 6) is -0.784. The van der Waals surface area contributed by atoms with Crippen LogP contribution in [0.1, 0.15) is 51.2 Å². The molecule has 19 heavy (non-hydrogen) atoms. The molecule has 0 radical (unpaired) electrons. The highest BCUT2D eigenvalue weighted by Gasteiger charge is 2.22. The summed E-state index contributed by atoms with van der Waals surface area (Å²) in [4.78, 5) is 10.6. The van der Waals surface area contributed by atoms with Crippen LogP contribution >= 0.6 is 0 Å². The van der Waals surface area contributed by atoms with Crippen LogP contribution in [0.15, 0.2) is 24.3 Å². The van der Waals surface area contributed by atoms with E-state index in [1.54, 1.807) is 0 Å². The number of aliphatic carboxylic acids is 1. The lowest BCUT2D eigenvalue weighted by Gasteiger charge is -2.32. The molecule has 0 bridgehead atoms. The average molecular weight is 263 g/mol. The molecule has 3 heteroatoms. The number of carboxylic acids is 1. The van der Waals surface area contributed by atoms with Crippen LogP contribution in [0.3, 0.4) is 0 Å². The molecule has 1 aromatic carbocycles. The van der Waals surface area contributed by atoms with E-state index in [2.05, 4.69) is 26.1 Å². The van der Waals surface area contributed by atoms with E-state index in [4.69, 9.17) is 5.11 Å². The van der Waals surface area contributed by atoms with E-state index in [-0.39, 0.29) is 12.0 Å². The number of rotatable bonds is 8. The maximum Gasteiger partial charge on any atom is 0.307 e. The first-order valence-electron chi connectivity index (χ1n) is 7.10. The van der Waals surface area contributed by atoms with Crippen LogP contribution in [-0.4, -0.2) is 16.6 Å². The Morgan fingerprint density at radius 2 is 1.53 bits per heavy atom. The monoisotopic (exact) mass is 263 g/mol. The zero-order chi connectivity index (χ0) is 14.3. The van der Waals surface area contributed by atoms with Crippen molar-refractivity contribution in [1.82, 2.24) is 5.32 Å². The van der Waals surface area contributed by atoms with Crippen molar-refractivity contribution < 1.29 is 9.90 Å². The molecule has 0 aromatic heterocycles. The quantitative estimate of drug-likeness (QED) is 0.756. The van der Waals surface area contributed by atoms with Crippen molar-refractivity contribution in [3.05, 3.63) is 35.4 Å². The highest BCUT2D eigenvalue weighted by Crippen LogP contribution is 2.20. The van der Waals surface area contributed by atoms with Gasteiger partial charge in [0.2, 0.25) is 0 Å². The number of hydrogen-bond acceptors (Lipinski definition) is 2. The predicted octanol–water partition coefficient (Wildman–Crippen LogP) is 3.37. The first-order chi connectivity index (χ1) is 9.05. The van der Waals surface area contributed by atoms with Crippen molar-refractivity contribution in [2.75, 3.05) is 0 Å². The summed E-state index contributed by atoms with van der Waals surface area (Å²) in [5, 5.41) is 12.4. The zero-order valence-electron chi connectivity index (χ0n) is 12.2. The van der Waals surface area contributed by atoms with Crippen LogP contribution in [0.2, 0.25) is 0 Å². The third kappa shape index (κ3) is 4.67. The number of benzene rings is 1. The minimum atomic E-state index is -0.784. The topological polar surface area (TPSA) is 49.3 Å². The third-order valence-corrected chi connectivity index (χ3v) is 4.08. The number of carbonyl (C=O) groups is 1. The van der Waals surface area contributed by atoms with E-state index in [0.717, 1.165) is 31.4 Å². The van der Waals surface area contributed by atoms with E-state index < -0.39 is 5.97 Å². The molecular formula is C16H25NO2. The van der Waals surface area contributed by atoms with Gasteiger partial charge in [0.15, 0.2) is 0 Å². The molecule has 0 aliphatic rings. The van der Waals surface area contributed by atoms with Crippen LogP contribution in [0.4, 0.5) is 0 Å². The Bertz CT molecular complexity index is 385. The molecule has 0 fully saturated rings.